The third-order valence-electron chi connectivity index (χ3n) is 4.29. The van der Waals surface area contributed by atoms with E-state index in [2.05, 4.69) is 51.0 Å². The number of hydrogen-bond donors (Lipinski definition) is 0. The zero-order chi connectivity index (χ0) is 12.3. The number of rotatable bonds is 0. The van der Waals surface area contributed by atoms with Gasteiger partial charge in [-0.25, -0.2) is 0 Å². The number of nitrogens with zero attached hydrogens (tertiary/aromatic N) is 1. The molecular weight excluding hydrogens is 210 g/mol. The molecule has 1 heterocycles. The average Bonchev–Trinajstić information content (AvgIpc) is 2.72. The van der Waals surface area contributed by atoms with Crippen LogP contribution < -0.4 is 0 Å². The van der Waals surface area contributed by atoms with E-state index in [1.54, 1.807) is 0 Å². The molecule has 0 N–H and O–H groups in total. The van der Waals surface area contributed by atoms with Gasteiger partial charge in [-0.05, 0) is 25.8 Å². The molecule has 1 unspecified atom stereocenters. The lowest BCUT2D eigenvalue weighted by Gasteiger charge is -2.36. The van der Waals surface area contributed by atoms with Crippen LogP contribution in [0.2, 0.25) is 0 Å². The molecule has 2 nitrogen and oxygen atoms in total. The lowest BCUT2D eigenvalue weighted by atomic mass is 9.73. The number of aryl methyl sites for hydroxylation is 1. The summed E-state index contributed by atoms with van der Waals surface area (Å²) in [5.74, 6) is 0. The second-order valence-corrected chi connectivity index (χ2v) is 6.14. The van der Waals surface area contributed by atoms with E-state index in [-0.39, 0.29) is 11.0 Å². The van der Waals surface area contributed by atoms with Gasteiger partial charge in [-0.15, -0.1) is 0 Å². The van der Waals surface area contributed by atoms with Crippen LogP contribution in [0.15, 0.2) is 23.4 Å². The quantitative estimate of drug-likeness (QED) is 0.666. The molecule has 17 heavy (non-hydrogen) atoms. The maximum Gasteiger partial charge on any atom is 0.173 e. The Labute approximate surface area is 103 Å². The van der Waals surface area contributed by atoms with E-state index >= 15 is 0 Å². The lowest BCUT2D eigenvalue weighted by molar-refractivity contribution is -0.0977. The molecule has 0 radical (unpaired) electrons. The van der Waals surface area contributed by atoms with Crippen LogP contribution in [0.5, 0.6) is 0 Å². The second kappa shape index (κ2) is 3.12. The third-order valence-corrected chi connectivity index (χ3v) is 4.29. The van der Waals surface area contributed by atoms with E-state index in [9.17, 15) is 0 Å². The van der Waals surface area contributed by atoms with Crippen LogP contribution in [0.4, 0.5) is 0 Å². The molecule has 1 spiro atoms. The molecule has 0 saturated heterocycles. The Kier molecular flexibility index (Phi) is 1.99. The van der Waals surface area contributed by atoms with E-state index in [0.29, 0.717) is 0 Å². The Morgan fingerprint density at radius 2 is 1.94 bits per heavy atom. The first-order valence-electron chi connectivity index (χ1n) is 6.26. The first kappa shape index (κ1) is 10.8. The SMILES string of the molecule is CC1=NOC2(C1)c1cc(C)ccc1CC2(C)C. The van der Waals surface area contributed by atoms with Crippen molar-refractivity contribution in [3.8, 4) is 0 Å². The zero-order valence-electron chi connectivity index (χ0n) is 11.0. The highest BCUT2D eigenvalue weighted by molar-refractivity contribution is 5.84. The van der Waals surface area contributed by atoms with E-state index in [0.717, 1.165) is 18.6 Å². The number of fused-ring (bicyclic) bond motifs is 2. The summed E-state index contributed by atoms with van der Waals surface area (Å²) in [5.41, 5.74) is 5.07. The molecule has 0 aromatic heterocycles. The molecule has 0 amide bonds. The normalized spacial score (nSPS) is 29.1. The second-order valence-electron chi connectivity index (χ2n) is 6.14. The maximum absolute atomic E-state index is 5.90. The molecule has 2 aliphatic rings. The summed E-state index contributed by atoms with van der Waals surface area (Å²) in [6.45, 7) is 8.77. The first-order valence-corrected chi connectivity index (χ1v) is 6.26. The van der Waals surface area contributed by atoms with Gasteiger partial charge in [0, 0.05) is 17.4 Å². The van der Waals surface area contributed by atoms with Gasteiger partial charge in [-0.3, -0.25) is 0 Å². The largest absolute Gasteiger partial charge is 0.383 e. The van der Waals surface area contributed by atoms with Crippen molar-refractivity contribution in [1.82, 2.24) is 0 Å². The standard InChI is InChI=1S/C15H19NO/c1-10-5-6-12-9-14(3,4)15(13(12)7-10)8-11(2)16-17-15/h5-7H,8-9H2,1-4H3. The summed E-state index contributed by atoms with van der Waals surface area (Å²) in [5, 5.41) is 4.21. The number of benzene rings is 1. The topological polar surface area (TPSA) is 21.6 Å². The zero-order valence-corrected chi connectivity index (χ0v) is 11.0. The van der Waals surface area contributed by atoms with Gasteiger partial charge in [0.15, 0.2) is 5.60 Å². The maximum atomic E-state index is 5.90. The molecule has 2 heteroatoms. The van der Waals surface area contributed by atoms with Gasteiger partial charge in [0.05, 0.1) is 5.71 Å². The van der Waals surface area contributed by atoms with Crippen molar-refractivity contribution in [2.24, 2.45) is 10.6 Å². The molecule has 1 aromatic rings. The molecule has 3 rings (SSSR count). The average molecular weight is 229 g/mol. The molecule has 0 fully saturated rings. The monoisotopic (exact) mass is 229 g/mol. The fraction of sp³-hybridized carbons (Fsp3) is 0.533. The van der Waals surface area contributed by atoms with Crippen LogP contribution >= 0.6 is 0 Å². The molecule has 0 bridgehead atoms. The van der Waals surface area contributed by atoms with Crippen molar-refractivity contribution in [1.29, 1.82) is 0 Å². The number of oxime groups is 1. The predicted octanol–water partition coefficient (Wildman–Crippen LogP) is 3.57. The minimum absolute atomic E-state index is 0.115. The van der Waals surface area contributed by atoms with E-state index in [4.69, 9.17) is 4.84 Å². The van der Waals surface area contributed by atoms with Gasteiger partial charge < -0.3 is 4.84 Å². The summed E-state index contributed by atoms with van der Waals surface area (Å²) in [6.07, 6.45) is 2.00. The Morgan fingerprint density at radius 3 is 2.59 bits per heavy atom. The minimum atomic E-state index is -0.224. The van der Waals surface area contributed by atoms with Crippen LogP contribution in [0, 0.1) is 12.3 Å². The van der Waals surface area contributed by atoms with Crippen LogP contribution in [-0.2, 0) is 16.9 Å². The van der Waals surface area contributed by atoms with Crippen LogP contribution in [0.25, 0.3) is 0 Å². The highest BCUT2D eigenvalue weighted by atomic mass is 16.7. The molecule has 90 valence electrons. The Hall–Kier alpha value is -1.31. The minimum Gasteiger partial charge on any atom is -0.383 e. The van der Waals surface area contributed by atoms with Gasteiger partial charge >= 0.3 is 0 Å². The van der Waals surface area contributed by atoms with Crippen molar-refractivity contribution < 1.29 is 4.84 Å². The highest BCUT2D eigenvalue weighted by Crippen LogP contribution is 2.56. The van der Waals surface area contributed by atoms with Crippen molar-refractivity contribution in [3.63, 3.8) is 0 Å². The van der Waals surface area contributed by atoms with Crippen LogP contribution in [0.3, 0.4) is 0 Å². The van der Waals surface area contributed by atoms with Gasteiger partial charge in [-0.1, -0.05) is 42.8 Å². The summed E-state index contributed by atoms with van der Waals surface area (Å²) in [6, 6.07) is 6.72. The van der Waals surface area contributed by atoms with Crippen molar-refractivity contribution in [2.45, 2.75) is 46.1 Å². The smallest absolute Gasteiger partial charge is 0.173 e. The highest BCUT2D eigenvalue weighted by Gasteiger charge is 2.57. The number of hydrogen-bond acceptors (Lipinski definition) is 2. The van der Waals surface area contributed by atoms with Crippen molar-refractivity contribution >= 4 is 5.71 Å². The van der Waals surface area contributed by atoms with Gasteiger partial charge in [0.2, 0.25) is 0 Å². The van der Waals surface area contributed by atoms with Crippen molar-refractivity contribution in [2.75, 3.05) is 0 Å². The predicted molar refractivity (Wildman–Crippen MR) is 69.2 cm³/mol. The Balaban J connectivity index is 2.18. The van der Waals surface area contributed by atoms with E-state index in [1.165, 1.54) is 16.7 Å². The fourth-order valence-corrected chi connectivity index (χ4v) is 3.29. The molecule has 1 aliphatic carbocycles. The molecule has 1 atom stereocenters. The fourth-order valence-electron chi connectivity index (χ4n) is 3.29. The van der Waals surface area contributed by atoms with Gasteiger partial charge in [0.1, 0.15) is 0 Å². The Morgan fingerprint density at radius 1 is 1.18 bits per heavy atom. The third kappa shape index (κ3) is 1.30. The molecule has 1 aliphatic heterocycles. The van der Waals surface area contributed by atoms with Gasteiger partial charge in [-0.2, -0.15) is 0 Å². The molecular formula is C15H19NO. The van der Waals surface area contributed by atoms with Crippen LogP contribution in [0.1, 0.15) is 43.9 Å². The first-order chi connectivity index (χ1) is 7.95. The summed E-state index contributed by atoms with van der Waals surface area (Å²) in [7, 11) is 0. The summed E-state index contributed by atoms with van der Waals surface area (Å²) < 4.78 is 0. The van der Waals surface area contributed by atoms with E-state index < -0.39 is 0 Å². The van der Waals surface area contributed by atoms with E-state index in [1.807, 2.05) is 0 Å². The molecule has 1 aromatic carbocycles. The summed E-state index contributed by atoms with van der Waals surface area (Å²) >= 11 is 0. The lowest BCUT2D eigenvalue weighted by Crippen LogP contribution is -2.38. The van der Waals surface area contributed by atoms with Crippen molar-refractivity contribution in [3.05, 3.63) is 34.9 Å². The summed E-state index contributed by atoms with van der Waals surface area (Å²) in [4.78, 5) is 5.90. The Bertz CT molecular complexity index is 516. The van der Waals surface area contributed by atoms with Crippen LogP contribution in [-0.4, -0.2) is 5.71 Å². The van der Waals surface area contributed by atoms with Gasteiger partial charge in [0.25, 0.3) is 0 Å². The molecule has 0 saturated carbocycles.